The van der Waals surface area contributed by atoms with Crippen LogP contribution in [0, 0.1) is 11.8 Å². The second-order valence-corrected chi connectivity index (χ2v) is 9.89. The molecule has 0 unspecified atom stereocenters. The summed E-state index contributed by atoms with van der Waals surface area (Å²) in [6.45, 7) is 2.03. The third-order valence-electron chi connectivity index (χ3n) is 7.01. The van der Waals surface area contributed by atoms with E-state index in [4.69, 9.17) is 14.6 Å². The van der Waals surface area contributed by atoms with Crippen LogP contribution < -0.4 is 0 Å². The maximum atomic E-state index is 11.4. The van der Waals surface area contributed by atoms with E-state index >= 15 is 0 Å². The van der Waals surface area contributed by atoms with Gasteiger partial charge in [0.1, 0.15) is 18.3 Å². The van der Waals surface area contributed by atoms with Crippen LogP contribution in [0.2, 0.25) is 0 Å². The molecule has 1 saturated heterocycles. The van der Waals surface area contributed by atoms with Gasteiger partial charge in [-0.2, -0.15) is 0 Å². The van der Waals surface area contributed by atoms with E-state index in [9.17, 15) is 40.2 Å². The van der Waals surface area contributed by atoms with Gasteiger partial charge in [-0.25, -0.2) is 4.79 Å². The van der Waals surface area contributed by atoms with Gasteiger partial charge in [0.05, 0.1) is 18.3 Å². The number of unbranched alkanes of at least 4 members (excludes halogenated alkanes) is 3. The molecule has 1 aliphatic carbocycles. The van der Waals surface area contributed by atoms with Crippen molar-refractivity contribution in [2.75, 3.05) is 0 Å². The summed E-state index contributed by atoms with van der Waals surface area (Å²) < 4.78 is 11.1. The highest BCUT2D eigenvalue weighted by molar-refractivity contribution is 5.73. The monoisotopic (exact) mass is 530 g/mol. The molecule has 7 N–H and O–H groups in total. The Bertz CT molecular complexity index is 770. The standard InChI is InChI=1S/C26H42O11/c1-2-3-6-9-15(36-26-23(33)21(31)22(32)24(37-26)25(34)35)12-13-17-16(18(27)14-19(17)28)10-7-4-5-8-11-20(29)30/h4,7,12-13,15-19,21-24,26-28,31-33H,2-3,5-6,8-11,14H2,1H3,(H,29,30)(H,34,35)/b7-4-,13-12+/t15-,16-,17+,18-,19+,21-,22-,23+,24-,26+/m0/s1. The van der Waals surface area contributed by atoms with Crippen LogP contribution in [0.5, 0.6) is 0 Å². The lowest BCUT2D eigenvalue weighted by atomic mass is 9.89. The molecule has 2 aliphatic rings. The number of carboxylic acids is 2. The lowest BCUT2D eigenvalue weighted by Gasteiger charge is -2.39. The molecule has 0 radical (unpaired) electrons. The number of ether oxygens (including phenoxy) is 2. The molecule has 0 aromatic heterocycles. The van der Waals surface area contributed by atoms with E-state index in [1.165, 1.54) is 0 Å². The zero-order valence-corrected chi connectivity index (χ0v) is 21.2. The SMILES string of the molecule is CCCCC[C@@H](/C=C/[C@@H]1[C@H](C/C=C\CCCC(=O)O)[C@@H](O)C[C@H]1O)O[C@@H]1O[C@H](C(=O)O)[C@@H](O)[C@H](O)[C@H]1O. The second kappa shape index (κ2) is 15.5. The summed E-state index contributed by atoms with van der Waals surface area (Å²) in [4.78, 5) is 22.0. The lowest BCUT2D eigenvalue weighted by Crippen LogP contribution is -2.60. The third-order valence-corrected chi connectivity index (χ3v) is 7.01. The fraction of sp³-hybridized carbons (Fsp3) is 0.769. The van der Waals surface area contributed by atoms with Gasteiger partial charge in [0, 0.05) is 18.8 Å². The highest BCUT2D eigenvalue weighted by atomic mass is 16.7. The summed E-state index contributed by atoms with van der Waals surface area (Å²) in [5, 5.41) is 69.4. The molecule has 11 nitrogen and oxygen atoms in total. The van der Waals surface area contributed by atoms with Crippen LogP contribution >= 0.6 is 0 Å². The van der Waals surface area contributed by atoms with E-state index in [1.54, 1.807) is 12.2 Å². The molecule has 1 aliphatic heterocycles. The minimum atomic E-state index is -1.81. The summed E-state index contributed by atoms with van der Waals surface area (Å²) in [5.41, 5.74) is 0. The molecule has 10 atom stereocenters. The Balaban J connectivity index is 2.09. The van der Waals surface area contributed by atoms with Crippen molar-refractivity contribution in [1.29, 1.82) is 0 Å². The van der Waals surface area contributed by atoms with E-state index in [0.29, 0.717) is 25.7 Å². The summed E-state index contributed by atoms with van der Waals surface area (Å²) in [5.74, 6) is -2.98. The van der Waals surface area contributed by atoms with Crippen molar-refractivity contribution >= 4 is 11.9 Å². The molecule has 0 amide bonds. The van der Waals surface area contributed by atoms with Gasteiger partial charge in [-0.1, -0.05) is 50.5 Å². The fourth-order valence-electron chi connectivity index (χ4n) is 4.84. The maximum absolute atomic E-state index is 11.4. The molecular formula is C26H42O11. The van der Waals surface area contributed by atoms with E-state index in [1.807, 2.05) is 19.1 Å². The zero-order chi connectivity index (χ0) is 27.5. The number of allylic oxidation sites excluding steroid dienone is 2. The largest absolute Gasteiger partial charge is 0.481 e. The molecule has 2 rings (SSSR count). The molecular weight excluding hydrogens is 488 g/mol. The number of carbonyl (C=O) groups is 2. The lowest BCUT2D eigenvalue weighted by molar-refractivity contribution is -0.300. The first-order valence-electron chi connectivity index (χ1n) is 13.1. The molecule has 0 aromatic carbocycles. The number of carboxylic acid groups (broad SMARTS) is 2. The summed E-state index contributed by atoms with van der Waals surface area (Å²) >= 11 is 0. The van der Waals surface area contributed by atoms with Crippen LogP contribution in [0.1, 0.15) is 64.7 Å². The number of hydrogen-bond acceptors (Lipinski definition) is 9. The minimum Gasteiger partial charge on any atom is -0.481 e. The van der Waals surface area contributed by atoms with Crippen molar-refractivity contribution < 1.29 is 54.8 Å². The van der Waals surface area contributed by atoms with Crippen LogP contribution in [-0.4, -0.2) is 96.7 Å². The number of rotatable bonds is 15. The molecule has 1 heterocycles. The Morgan fingerprint density at radius 1 is 0.973 bits per heavy atom. The van der Waals surface area contributed by atoms with Gasteiger partial charge in [-0.15, -0.1) is 0 Å². The first kappa shape index (κ1) is 31.4. The van der Waals surface area contributed by atoms with Crippen molar-refractivity contribution in [2.45, 2.75) is 114 Å². The Hall–Kier alpha value is -1.86. The molecule has 2 fully saturated rings. The Labute approximate surface area is 217 Å². The normalized spacial score (nSPS) is 35.4. The Kier molecular flexibility index (Phi) is 13.2. The van der Waals surface area contributed by atoms with E-state index < -0.39 is 61.0 Å². The quantitative estimate of drug-likeness (QED) is 0.118. The van der Waals surface area contributed by atoms with Gasteiger partial charge >= 0.3 is 11.9 Å². The van der Waals surface area contributed by atoms with Gasteiger partial charge < -0.3 is 45.2 Å². The van der Waals surface area contributed by atoms with Gasteiger partial charge in [0.15, 0.2) is 12.4 Å². The third kappa shape index (κ3) is 9.43. The van der Waals surface area contributed by atoms with E-state index in [-0.39, 0.29) is 24.7 Å². The molecule has 0 bridgehead atoms. The minimum absolute atomic E-state index is 0.0858. The van der Waals surface area contributed by atoms with Crippen LogP contribution in [0.3, 0.4) is 0 Å². The molecule has 1 saturated carbocycles. The maximum Gasteiger partial charge on any atom is 0.335 e. The van der Waals surface area contributed by atoms with Gasteiger partial charge in [-0.05, 0) is 31.6 Å². The first-order valence-corrected chi connectivity index (χ1v) is 13.1. The Morgan fingerprint density at radius 2 is 1.70 bits per heavy atom. The molecule has 212 valence electrons. The Morgan fingerprint density at radius 3 is 2.35 bits per heavy atom. The van der Waals surface area contributed by atoms with E-state index in [2.05, 4.69) is 0 Å². The number of aliphatic hydroxyl groups is 5. The van der Waals surface area contributed by atoms with Crippen LogP contribution in [0.15, 0.2) is 24.3 Å². The summed E-state index contributed by atoms with van der Waals surface area (Å²) in [6.07, 6.45) is 1.63. The highest BCUT2D eigenvalue weighted by Gasteiger charge is 2.48. The van der Waals surface area contributed by atoms with Crippen LogP contribution in [-0.2, 0) is 19.1 Å². The van der Waals surface area contributed by atoms with Crippen molar-refractivity contribution in [3.63, 3.8) is 0 Å². The second-order valence-electron chi connectivity index (χ2n) is 9.89. The molecule has 0 spiro atoms. The molecule has 11 heteroatoms. The average molecular weight is 531 g/mol. The first-order chi connectivity index (χ1) is 17.6. The van der Waals surface area contributed by atoms with Crippen molar-refractivity contribution in [1.82, 2.24) is 0 Å². The summed E-state index contributed by atoms with van der Waals surface area (Å²) in [7, 11) is 0. The fourth-order valence-corrected chi connectivity index (χ4v) is 4.84. The van der Waals surface area contributed by atoms with Crippen molar-refractivity contribution in [3.8, 4) is 0 Å². The number of aliphatic hydroxyl groups excluding tert-OH is 5. The van der Waals surface area contributed by atoms with Gasteiger partial charge in [-0.3, -0.25) is 4.79 Å². The van der Waals surface area contributed by atoms with Gasteiger partial charge in [0.25, 0.3) is 0 Å². The van der Waals surface area contributed by atoms with E-state index in [0.717, 1.165) is 19.3 Å². The van der Waals surface area contributed by atoms with Crippen LogP contribution in [0.4, 0.5) is 0 Å². The highest BCUT2D eigenvalue weighted by Crippen LogP contribution is 2.36. The predicted octanol–water partition coefficient (Wildman–Crippen LogP) is 0.959. The zero-order valence-electron chi connectivity index (χ0n) is 21.2. The average Bonchev–Trinajstić information content (AvgIpc) is 3.11. The van der Waals surface area contributed by atoms with Crippen molar-refractivity contribution in [2.24, 2.45) is 11.8 Å². The topological polar surface area (TPSA) is 194 Å². The summed E-state index contributed by atoms with van der Waals surface area (Å²) in [6, 6.07) is 0. The van der Waals surface area contributed by atoms with Crippen LogP contribution in [0.25, 0.3) is 0 Å². The number of hydrogen-bond donors (Lipinski definition) is 7. The van der Waals surface area contributed by atoms with Crippen molar-refractivity contribution in [3.05, 3.63) is 24.3 Å². The predicted molar refractivity (Wildman–Crippen MR) is 131 cm³/mol. The molecule has 0 aromatic rings. The number of aliphatic carboxylic acids is 2. The smallest absolute Gasteiger partial charge is 0.335 e. The van der Waals surface area contributed by atoms with Gasteiger partial charge in [0.2, 0.25) is 0 Å². The molecule has 37 heavy (non-hydrogen) atoms.